The molecular formula is C22H36FN5O9S. The number of carbonyl (C=O) groups is 6. The van der Waals surface area contributed by atoms with Crippen LogP contribution in [0.5, 0.6) is 0 Å². The second-order valence-electron chi connectivity index (χ2n) is 8.06. The smallest absolute Gasteiger partial charge is 0.407 e. The van der Waals surface area contributed by atoms with Crippen LogP contribution in [0.2, 0.25) is 0 Å². The molecule has 0 aromatic rings. The van der Waals surface area contributed by atoms with Crippen molar-refractivity contribution in [2.24, 2.45) is 5.92 Å². The lowest BCUT2D eigenvalue weighted by atomic mass is 10.2. The number of likely N-dealkylation sites (tertiary alicyclic amines) is 1. The van der Waals surface area contributed by atoms with Gasteiger partial charge in [-0.15, -0.1) is 0 Å². The highest BCUT2D eigenvalue weighted by Crippen LogP contribution is 2.25. The fourth-order valence-electron chi connectivity index (χ4n) is 3.09. The maximum atomic E-state index is 12.6. The molecule has 1 rings (SSSR count). The van der Waals surface area contributed by atoms with E-state index in [4.69, 9.17) is 14.2 Å². The molecule has 16 heteroatoms. The van der Waals surface area contributed by atoms with Crippen LogP contribution < -0.4 is 21.3 Å². The topological polar surface area (TPSA) is 181 Å². The molecule has 1 saturated heterocycles. The summed E-state index contributed by atoms with van der Waals surface area (Å²) < 4.78 is 28.2. The van der Waals surface area contributed by atoms with E-state index in [0.717, 1.165) is 4.90 Å². The molecule has 1 aliphatic heterocycles. The Morgan fingerprint density at radius 3 is 1.97 bits per heavy atom. The van der Waals surface area contributed by atoms with E-state index in [9.17, 15) is 32.7 Å². The van der Waals surface area contributed by atoms with Gasteiger partial charge in [0.25, 0.3) is 0 Å². The van der Waals surface area contributed by atoms with Crippen molar-refractivity contribution in [3.63, 3.8) is 0 Å². The van der Waals surface area contributed by atoms with E-state index < -0.39 is 41.1 Å². The number of halogens is 1. The molecule has 1 unspecified atom stereocenters. The van der Waals surface area contributed by atoms with Gasteiger partial charge >= 0.3 is 12.2 Å². The molecule has 6 amide bonds. The maximum Gasteiger partial charge on any atom is 0.407 e. The summed E-state index contributed by atoms with van der Waals surface area (Å²) in [6.07, 6.45) is -1.53. The van der Waals surface area contributed by atoms with Crippen LogP contribution in [-0.4, -0.2) is 105 Å². The van der Waals surface area contributed by atoms with E-state index >= 15 is 0 Å². The average molecular weight is 566 g/mol. The summed E-state index contributed by atoms with van der Waals surface area (Å²) in [7, 11) is 0. The van der Waals surface area contributed by atoms with Gasteiger partial charge in [-0.3, -0.25) is 24.1 Å². The molecule has 1 atom stereocenters. The molecule has 0 bridgehead atoms. The van der Waals surface area contributed by atoms with Gasteiger partial charge in [0, 0.05) is 45.6 Å². The minimum absolute atomic E-state index is 0.0297. The number of amides is 6. The molecule has 1 aliphatic rings. The van der Waals surface area contributed by atoms with Crippen molar-refractivity contribution in [3.8, 4) is 0 Å². The molecule has 1 fully saturated rings. The van der Waals surface area contributed by atoms with Crippen molar-refractivity contribution < 1.29 is 46.9 Å². The highest BCUT2D eigenvalue weighted by atomic mass is 32.2. The molecule has 216 valence electrons. The van der Waals surface area contributed by atoms with Crippen LogP contribution in [0, 0.1) is 5.92 Å². The van der Waals surface area contributed by atoms with Crippen molar-refractivity contribution in [1.82, 2.24) is 26.2 Å². The number of hydrogen-bond donors (Lipinski definition) is 4. The number of nitrogens with zero attached hydrogens (tertiary/aromatic N) is 1. The van der Waals surface area contributed by atoms with Crippen molar-refractivity contribution in [1.29, 1.82) is 0 Å². The summed E-state index contributed by atoms with van der Waals surface area (Å²) in [5.41, 5.74) is 0. The predicted molar refractivity (Wildman–Crippen MR) is 133 cm³/mol. The molecule has 0 radical (unpaired) electrons. The zero-order valence-electron chi connectivity index (χ0n) is 21.5. The number of imide groups is 1. The molecule has 1 heterocycles. The lowest BCUT2D eigenvalue weighted by Gasteiger charge is -2.17. The van der Waals surface area contributed by atoms with Crippen molar-refractivity contribution in [3.05, 3.63) is 0 Å². The Morgan fingerprint density at radius 2 is 1.47 bits per heavy atom. The summed E-state index contributed by atoms with van der Waals surface area (Å²) >= 11 is -0.183. The van der Waals surface area contributed by atoms with Gasteiger partial charge in [0.1, 0.15) is 18.5 Å². The van der Waals surface area contributed by atoms with E-state index in [1.807, 2.05) is 0 Å². The van der Waals surface area contributed by atoms with E-state index in [-0.39, 0.29) is 83.4 Å². The van der Waals surface area contributed by atoms with Crippen molar-refractivity contribution >= 4 is 48.0 Å². The Labute approximate surface area is 224 Å². The van der Waals surface area contributed by atoms with Crippen LogP contribution in [0.3, 0.4) is 0 Å². The maximum absolute atomic E-state index is 12.6. The van der Waals surface area contributed by atoms with Gasteiger partial charge in [-0.1, -0.05) is 0 Å². The van der Waals surface area contributed by atoms with Gasteiger partial charge in [0.15, 0.2) is 0 Å². The van der Waals surface area contributed by atoms with Gasteiger partial charge in [-0.05, 0) is 13.8 Å². The standard InChI is InChI=1S/C22H36FN5O9S/c1-3-24-21(33)36-13-15(14-37-22(34)25-4-2)12-35-10-6-18(30)27-8-7-26-17(29)5-9-28-19(31)11-16(38-23)20(28)32/h15-16H,3-14H2,1-2H3,(H,24,33)(H,25,34)(H,26,29)(H,27,30). The molecule has 38 heavy (non-hydrogen) atoms. The van der Waals surface area contributed by atoms with E-state index in [0.29, 0.717) is 13.1 Å². The first kappa shape index (κ1) is 32.9. The minimum Gasteiger partial charge on any atom is -0.449 e. The second-order valence-corrected chi connectivity index (χ2v) is 8.81. The zero-order valence-corrected chi connectivity index (χ0v) is 22.4. The first-order valence-corrected chi connectivity index (χ1v) is 13.0. The first-order valence-electron chi connectivity index (χ1n) is 12.3. The SMILES string of the molecule is CCNC(=O)OCC(COCCC(=O)NCCNC(=O)CCN1C(=O)CC(SF)C1=O)COC(=O)NCC. The van der Waals surface area contributed by atoms with Crippen LogP contribution >= 0.6 is 12.1 Å². The van der Waals surface area contributed by atoms with E-state index in [1.165, 1.54) is 0 Å². The van der Waals surface area contributed by atoms with Crippen LogP contribution in [0.1, 0.15) is 33.1 Å². The molecule has 4 N–H and O–H groups in total. The third kappa shape index (κ3) is 13.4. The quantitative estimate of drug-likeness (QED) is 0.129. The third-order valence-corrected chi connectivity index (χ3v) is 5.59. The Hall–Kier alpha value is -3.14. The first-order chi connectivity index (χ1) is 18.2. The molecular weight excluding hydrogens is 529 g/mol. The lowest BCUT2D eigenvalue weighted by molar-refractivity contribution is -0.138. The van der Waals surface area contributed by atoms with Crippen LogP contribution in [0.25, 0.3) is 0 Å². The van der Waals surface area contributed by atoms with Crippen LogP contribution in [0.15, 0.2) is 0 Å². The molecule has 0 aromatic carbocycles. The Bertz CT molecular complexity index is 798. The van der Waals surface area contributed by atoms with Gasteiger partial charge in [0.05, 0.1) is 37.7 Å². The molecule has 0 saturated carbocycles. The minimum atomic E-state index is -1.04. The molecule has 0 aromatic heterocycles. The lowest BCUT2D eigenvalue weighted by Crippen LogP contribution is -2.38. The predicted octanol–water partition coefficient (Wildman–Crippen LogP) is -0.131. The van der Waals surface area contributed by atoms with Gasteiger partial charge < -0.3 is 35.5 Å². The zero-order chi connectivity index (χ0) is 28.3. The number of rotatable bonds is 18. The van der Waals surface area contributed by atoms with Crippen molar-refractivity contribution in [2.75, 3.05) is 59.2 Å². The highest BCUT2D eigenvalue weighted by molar-refractivity contribution is 7.95. The number of ether oxygens (including phenoxy) is 3. The largest absolute Gasteiger partial charge is 0.449 e. The van der Waals surface area contributed by atoms with Crippen molar-refractivity contribution in [2.45, 2.75) is 38.4 Å². The molecule has 0 aliphatic carbocycles. The fraction of sp³-hybridized carbons (Fsp3) is 0.727. The second kappa shape index (κ2) is 19.0. The summed E-state index contributed by atoms with van der Waals surface area (Å²) in [5, 5.41) is 9.09. The van der Waals surface area contributed by atoms with Crippen LogP contribution in [0.4, 0.5) is 13.5 Å². The van der Waals surface area contributed by atoms with E-state index in [1.54, 1.807) is 13.8 Å². The number of hydrogen-bond acceptors (Lipinski definition) is 10. The number of carbonyl (C=O) groups excluding carboxylic acids is 6. The Kier molecular flexibility index (Phi) is 16.4. The molecule has 14 nitrogen and oxygen atoms in total. The number of alkyl carbamates (subject to hydrolysis) is 2. The van der Waals surface area contributed by atoms with Gasteiger partial charge in [-0.2, -0.15) is 3.89 Å². The third-order valence-electron chi connectivity index (χ3n) is 5.01. The summed E-state index contributed by atoms with van der Waals surface area (Å²) in [6, 6.07) is 0. The molecule has 0 spiro atoms. The average Bonchev–Trinajstić information content (AvgIpc) is 3.16. The fourth-order valence-corrected chi connectivity index (χ4v) is 3.50. The summed E-state index contributed by atoms with van der Waals surface area (Å²) in [5.74, 6) is -2.33. The van der Waals surface area contributed by atoms with Gasteiger partial charge in [-0.25, -0.2) is 9.59 Å². The normalized spacial score (nSPS) is 14.8. The Morgan fingerprint density at radius 1 is 0.921 bits per heavy atom. The highest BCUT2D eigenvalue weighted by Gasteiger charge is 2.39. The van der Waals surface area contributed by atoms with E-state index in [2.05, 4.69) is 21.3 Å². The number of nitrogens with one attached hydrogen (secondary N) is 4. The summed E-state index contributed by atoms with van der Waals surface area (Å²) in [6.45, 7) is 4.47. The van der Waals surface area contributed by atoms with Gasteiger partial charge in [0.2, 0.25) is 23.6 Å². The summed E-state index contributed by atoms with van der Waals surface area (Å²) in [4.78, 5) is 71.3. The monoisotopic (exact) mass is 565 g/mol. The van der Waals surface area contributed by atoms with Crippen LogP contribution in [-0.2, 0) is 33.4 Å². The Balaban J connectivity index is 2.21.